The molecule has 1 aliphatic rings. The highest BCUT2D eigenvalue weighted by Crippen LogP contribution is 2.23. The highest BCUT2D eigenvalue weighted by molar-refractivity contribution is 5.94. The summed E-state index contributed by atoms with van der Waals surface area (Å²) >= 11 is 0. The van der Waals surface area contributed by atoms with Crippen LogP contribution in [0.3, 0.4) is 0 Å². The Morgan fingerprint density at radius 1 is 1.14 bits per heavy atom. The molecule has 1 aliphatic carbocycles. The molecule has 0 radical (unpaired) electrons. The number of carbonyl (C=O) groups excluding carboxylic acids is 1. The predicted molar refractivity (Wildman–Crippen MR) is 116 cm³/mol. The number of aromatic nitrogens is 2. The quantitative estimate of drug-likeness (QED) is 0.745. The van der Waals surface area contributed by atoms with Crippen molar-refractivity contribution in [1.29, 1.82) is 0 Å². The van der Waals surface area contributed by atoms with Crippen LogP contribution in [0.1, 0.15) is 48.7 Å². The highest BCUT2D eigenvalue weighted by atomic mass is 16.5. The van der Waals surface area contributed by atoms with E-state index in [2.05, 4.69) is 20.6 Å². The van der Waals surface area contributed by atoms with Crippen LogP contribution in [-0.2, 0) is 0 Å². The second-order valence-corrected chi connectivity index (χ2v) is 7.71. The van der Waals surface area contributed by atoms with Crippen LogP contribution in [0.2, 0.25) is 0 Å². The zero-order valence-corrected chi connectivity index (χ0v) is 17.7. The Morgan fingerprint density at radius 2 is 1.86 bits per heavy atom. The Bertz CT molecular complexity index is 832. The van der Waals surface area contributed by atoms with E-state index in [1.807, 2.05) is 57.1 Å². The van der Waals surface area contributed by atoms with Crippen LogP contribution in [0.5, 0.6) is 5.75 Å². The van der Waals surface area contributed by atoms with Crippen molar-refractivity contribution in [1.82, 2.24) is 15.3 Å². The van der Waals surface area contributed by atoms with Gasteiger partial charge in [0.25, 0.3) is 5.91 Å². The molecular formula is C22H31N5O2. The van der Waals surface area contributed by atoms with Gasteiger partial charge >= 0.3 is 0 Å². The first-order valence-electron chi connectivity index (χ1n) is 10.3. The number of nitrogens with zero attached hydrogens (tertiary/aromatic N) is 3. The van der Waals surface area contributed by atoms with Crippen LogP contribution in [-0.4, -0.2) is 48.7 Å². The maximum Gasteiger partial charge on any atom is 0.251 e. The second-order valence-electron chi connectivity index (χ2n) is 7.71. The minimum atomic E-state index is -0.0411. The second kappa shape index (κ2) is 9.58. The van der Waals surface area contributed by atoms with Crippen molar-refractivity contribution < 1.29 is 9.53 Å². The van der Waals surface area contributed by atoms with Gasteiger partial charge in [-0.25, -0.2) is 4.98 Å². The van der Waals surface area contributed by atoms with E-state index in [0.717, 1.165) is 42.9 Å². The van der Waals surface area contributed by atoms with Crippen molar-refractivity contribution in [2.24, 2.45) is 0 Å². The number of aryl methyl sites for hydroxylation is 1. The number of rotatable bonds is 7. The van der Waals surface area contributed by atoms with Crippen molar-refractivity contribution in [2.45, 2.75) is 51.6 Å². The molecule has 29 heavy (non-hydrogen) atoms. The molecule has 1 fully saturated rings. The monoisotopic (exact) mass is 397 g/mol. The summed E-state index contributed by atoms with van der Waals surface area (Å²) in [5, 5.41) is 6.63. The number of hydrogen-bond acceptors (Lipinski definition) is 6. The average Bonchev–Trinajstić information content (AvgIpc) is 2.69. The highest BCUT2D eigenvalue weighted by Gasteiger charge is 2.23. The Hall–Kier alpha value is -2.83. The molecule has 1 saturated carbocycles. The zero-order chi connectivity index (χ0) is 20.8. The molecule has 156 valence electrons. The first-order chi connectivity index (χ1) is 13.9. The van der Waals surface area contributed by atoms with Crippen molar-refractivity contribution in [3.63, 3.8) is 0 Å². The summed E-state index contributed by atoms with van der Waals surface area (Å²) in [6, 6.07) is 9.81. The molecule has 0 spiro atoms. The largest absolute Gasteiger partial charge is 0.494 e. The summed E-state index contributed by atoms with van der Waals surface area (Å²) in [5.74, 6) is 2.26. The van der Waals surface area contributed by atoms with Gasteiger partial charge in [-0.3, -0.25) is 4.79 Å². The lowest BCUT2D eigenvalue weighted by atomic mass is 9.91. The first kappa shape index (κ1) is 20.9. The Morgan fingerprint density at radius 3 is 2.55 bits per heavy atom. The smallest absolute Gasteiger partial charge is 0.251 e. The molecular weight excluding hydrogens is 366 g/mol. The SMILES string of the molecule is CCOc1cccc(C(=O)N[C@H]2CC[C@@H](Nc3nc(C)cc(N(C)C)n3)CC2)c1. The summed E-state index contributed by atoms with van der Waals surface area (Å²) in [6.07, 6.45) is 3.80. The lowest BCUT2D eigenvalue weighted by molar-refractivity contribution is 0.0926. The Balaban J connectivity index is 1.52. The predicted octanol–water partition coefficient (Wildman–Crippen LogP) is 3.40. The minimum Gasteiger partial charge on any atom is -0.494 e. The van der Waals surface area contributed by atoms with Gasteiger partial charge in [-0.2, -0.15) is 4.98 Å². The maximum atomic E-state index is 12.6. The van der Waals surface area contributed by atoms with E-state index in [0.29, 0.717) is 24.2 Å². The van der Waals surface area contributed by atoms with Gasteiger partial charge < -0.3 is 20.3 Å². The zero-order valence-electron chi connectivity index (χ0n) is 17.7. The van der Waals surface area contributed by atoms with E-state index < -0.39 is 0 Å². The summed E-state index contributed by atoms with van der Waals surface area (Å²) in [7, 11) is 3.95. The molecule has 1 amide bonds. The molecule has 7 nitrogen and oxygen atoms in total. The minimum absolute atomic E-state index is 0.0411. The summed E-state index contributed by atoms with van der Waals surface area (Å²) in [6.45, 7) is 4.50. The van der Waals surface area contributed by atoms with Crippen LogP contribution >= 0.6 is 0 Å². The summed E-state index contributed by atoms with van der Waals surface area (Å²) < 4.78 is 5.49. The normalized spacial score (nSPS) is 18.8. The van der Waals surface area contributed by atoms with Crippen LogP contribution in [0.25, 0.3) is 0 Å². The topological polar surface area (TPSA) is 79.4 Å². The lowest BCUT2D eigenvalue weighted by Crippen LogP contribution is -2.40. The van der Waals surface area contributed by atoms with Gasteiger partial charge in [0.15, 0.2) is 0 Å². The van der Waals surface area contributed by atoms with Gasteiger partial charge in [0.1, 0.15) is 11.6 Å². The number of carbonyl (C=O) groups is 1. The van der Waals surface area contributed by atoms with E-state index in [9.17, 15) is 4.79 Å². The molecule has 0 saturated heterocycles. The molecule has 0 atom stereocenters. The fraction of sp³-hybridized carbons (Fsp3) is 0.500. The van der Waals surface area contributed by atoms with E-state index in [4.69, 9.17) is 4.74 Å². The molecule has 1 aromatic carbocycles. The van der Waals surface area contributed by atoms with Gasteiger partial charge in [0.05, 0.1) is 6.61 Å². The molecule has 1 heterocycles. The molecule has 7 heteroatoms. The Kier molecular flexibility index (Phi) is 6.90. The molecule has 1 aromatic heterocycles. The summed E-state index contributed by atoms with van der Waals surface area (Å²) in [5.41, 5.74) is 1.59. The number of amides is 1. The third-order valence-electron chi connectivity index (χ3n) is 5.10. The lowest BCUT2D eigenvalue weighted by Gasteiger charge is -2.30. The maximum absolute atomic E-state index is 12.6. The number of ether oxygens (including phenoxy) is 1. The van der Waals surface area contributed by atoms with Crippen molar-refractivity contribution in [3.8, 4) is 5.75 Å². The molecule has 3 rings (SSSR count). The number of nitrogens with one attached hydrogen (secondary N) is 2. The first-order valence-corrected chi connectivity index (χ1v) is 10.3. The average molecular weight is 398 g/mol. The van der Waals surface area contributed by atoms with E-state index >= 15 is 0 Å². The third kappa shape index (κ3) is 5.82. The number of anilines is 2. The van der Waals surface area contributed by atoms with Gasteiger partial charge in [-0.1, -0.05) is 6.07 Å². The van der Waals surface area contributed by atoms with Gasteiger partial charge in [0, 0.05) is 43.5 Å². The van der Waals surface area contributed by atoms with Crippen molar-refractivity contribution in [2.75, 3.05) is 30.9 Å². The van der Waals surface area contributed by atoms with E-state index in [1.54, 1.807) is 6.07 Å². The van der Waals surface area contributed by atoms with Gasteiger partial charge in [-0.05, 0) is 57.7 Å². The summed E-state index contributed by atoms with van der Waals surface area (Å²) in [4.78, 5) is 23.6. The molecule has 2 N–H and O–H groups in total. The van der Waals surface area contributed by atoms with Crippen LogP contribution in [0.15, 0.2) is 30.3 Å². The number of hydrogen-bond donors (Lipinski definition) is 2. The fourth-order valence-corrected chi connectivity index (χ4v) is 3.57. The van der Waals surface area contributed by atoms with Crippen LogP contribution in [0.4, 0.5) is 11.8 Å². The molecule has 2 aromatic rings. The molecule has 0 aliphatic heterocycles. The van der Waals surface area contributed by atoms with Gasteiger partial charge in [-0.15, -0.1) is 0 Å². The fourth-order valence-electron chi connectivity index (χ4n) is 3.57. The van der Waals surface area contributed by atoms with Crippen molar-refractivity contribution >= 4 is 17.7 Å². The van der Waals surface area contributed by atoms with Crippen LogP contribution < -0.4 is 20.3 Å². The van der Waals surface area contributed by atoms with Crippen LogP contribution in [0, 0.1) is 6.92 Å². The van der Waals surface area contributed by atoms with Gasteiger partial charge in [0.2, 0.25) is 5.95 Å². The standard InChI is InChI=1S/C22H31N5O2/c1-5-29-19-8-6-7-16(14-19)21(28)24-17-9-11-18(12-10-17)25-22-23-15(2)13-20(26-22)27(3)4/h6-8,13-14,17-18H,5,9-12H2,1-4H3,(H,24,28)(H,23,25,26)/t17-,18+. The third-order valence-corrected chi connectivity index (χ3v) is 5.10. The number of benzene rings is 1. The Labute approximate surface area is 172 Å². The van der Waals surface area contributed by atoms with E-state index in [1.165, 1.54) is 0 Å². The molecule has 0 unspecified atom stereocenters. The molecule has 0 bridgehead atoms. The van der Waals surface area contributed by atoms with Crippen molar-refractivity contribution in [3.05, 3.63) is 41.6 Å². The van der Waals surface area contributed by atoms with E-state index in [-0.39, 0.29) is 11.9 Å².